The summed E-state index contributed by atoms with van der Waals surface area (Å²) in [6, 6.07) is 13.8. The van der Waals surface area contributed by atoms with E-state index >= 15 is 0 Å². The van der Waals surface area contributed by atoms with Gasteiger partial charge in [0.25, 0.3) is 0 Å². The summed E-state index contributed by atoms with van der Waals surface area (Å²) in [6.07, 6.45) is 3.44. The maximum Gasteiger partial charge on any atom is 0.232 e. The van der Waals surface area contributed by atoms with E-state index in [-0.39, 0.29) is 6.04 Å². The predicted octanol–water partition coefficient (Wildman–Crippen LogP) is 3.50. The maximum atomic E-state index is 4.51. The number of para-hydroxylation sites is 1. The zero-order valence-electron chi connectivity index (χ0n) is 13.1. The van der Waals surface area contributed by atoms with Crippen molar-refractivity contribution in [2.24, 2.45) is 0 Å². The quantitative estimate of drug-likeness (QED) is 0.751. The molecule has 0 spiro atoms. The smallest absolute Gasteiger partial charge is 0.232 e. The van der Waals surface area contributed by atoms with Gasteiger partial charge in [0.2, 0.25) is 11.9 Å². The molecule has 0 amide bonds. The highest BCUT2D eigenvalue weighted by molar-refractivity contribution is 5.60. The monoisotopic (exact) mass is 306 g/mol. The van der Waals surface area contributed by atoms with E-state index in [1.807, 2.05) is 56.3 Å². The first kappa shape index (κ1) is 14.9. The Kier molecular flexibility index (Phi) is 4.42. The molecule has 0 radical (unpaired) electrons. The second kappa shape index (κ2) is 6.83. The van der Waals surface area contributed by atoms with Gasteiger partial charge in [-0.05, 0) is 38.1 Å². The van der Waals surface area contributed by atoms with Gasteiger partial charge in [0.1, 0.15) is 0 Å². The van der Waals surface area contributed by atoms with Crippen LogP contribution in [0.4, 0.5) is 17.6 Å². The average molecular weight is 306 g/mol. The highest BCUT2D eigenvalue weighted by atomic mass is 15.2. The van der Waals surface area contributed by atoms with Crippen LogP contribution in [0.2, 0.25) is 0 Å². The fourth-order valence-corrected chi connectivity index (χ4v) is 2.04. The summed E-state index contributed by atoms with van der Waals surface area (Å²) < 4.78 is 0. The van der Waals surface area contributed by atoms with Gasteiger partial charge < -0.3 is 10.6 Å². The molecule has 0 aliphatic carbocycles. The second-order valence-electron chi connectivity index (χ2n) is 5.33. The van der Waals surface area contributed by atoms with Crippen LogP contribution in [0, 0.1) is 0 Å². The molecule has 0 aliphatic heterocycles. The van der Waals surface area contributed by atoms with E-state index in [9.17, 15) is 0 Å². The van der Waals surface area contributed by atoms with Crippen LogP contribution in [0.3, 0.4) is 0 Å². The van der Waals surface area contributed by atoms with Crippen molar-refractivity contribution in [3.05, 3.63) is 54.9 Å². The SMILES string of the molecule is CC(C)Nc1nc(Nc2ccccc2)nc(-c2ccncc2)n1. The van der Waals surface area contributed by atoms with Gasteiger partial charge in [-0.1, -0.05) is 18.2 Å². The van der Waals surface area contributed by atoms with Crippen LogP contribution in [0.1, 0.15) is 13.8 Å². The summed E-state index contributed by atoms with van der Waals surface area (Å²) in [6.45, 7) is 4.08. The molecule has 23 heavy (non-hydrogen) atoms. The minimum Gasteiger partial charge on any atom is -0.352 e. The van der Waals surface area contributed by atoms with Crippen molar-refractivity contribution in [2.45, 2.75) is 19.9 Å². The molecule has 6 nitrogen and oxygen atoms in total. The van der Waals surface area contributed by atoms with Gasteiger partial charge in [0.15, 0.2) is 5.82 Å². The van der Waals surface area contributed by atoms with Crippen molar-refractivity contribution in [3.63, 3.8) is 0 Å². The van der Waals surface area contributed by atoms with Gasteiger partial charge in [-0.15, -0.1) is 0 Å². The number of benzene rings is 1. The van der Waals surface area contributed by atoms with E-state index in [1.165, 1.54) is 0 Å². The lowest BCUT2D eigenvalue weighted by Crippen LogP contribution is -2.14. The van der Waals surface area contributed by atoms with Crippen LogP contribution >= 0.6 is 0 Å². The molecular weight excluding hydrogens is 288 g/mol. The standard InChI is InChI=1S/C17H18N6/c1-12(2)19-16-21-15(13-8-10-18-11-9-13)22-17(23-16)20-14-6-4-3-5-7-14/h3-12H,1-2H3,(H2,19,20,21,22,23). The number of rotatable bonds is 5. The Labute approximate surface area is 135 Å². The number of anilines is 3. The largest absolute Gasteiger partial charge is 0.352 e. The van der Waals surface area contributed by atoms with Crippen LogP contribution in [0.25, 0.3) is 11.4 Å². The van der Waals surface area contributed by atoms with E-state index in [2.05, 4.69) is 30.6 Å². The molecule has 2 aromatic heterocycles. The molecule has 116 valence electrons. The number of hydrogen-bond acceptors (Lipinski definition) is 6. The van der Waals surface area contributed by atoms with E-state index in [0.717, 1.165) is 11.3 Å². The first-order valence-electron chi connectivity index (χ1n) is 7.46. The average Bonchev–Trinajstić information content (AvgIpc) is 2.56. The van der Waals surface area contributed by atoms with Crippen molar-refractivity contribution in [1.29, 1.82) is 0 Å². The first-order valence-corrected chi connectivity index (χ1v) is 7.46. The van der Waals surface area contributed by atoms with Crippen LogP contribution in [-0.2, 0) is 0 Å². The Morgan fingerprint density at radius 2 is 1.52 bits per heavy atom. The summed E-state index contributed by atoms with van der Waals surface area (Å²) in [5, 5.41) is 6.43. The van der Waals surface area contributed by atoms with Crippen molar-refractivity contribution < 1.29 is 0 Å². The summed E-state index contributed by atoms with van der Waals surface area (Å²) >= 11 is 0. The van der Waals surface area contributed by atoms with Gasteiger partial charge in [0.05, 0.1) is 0 Å². The Bertz CT molecular complexity index is 759. The molecular formula is C17H18N6. The third kappa shape index (κ3) is 4.00. The minimum atomic E-state index is 0.229. The van der Waals surface area contributed by atoms with Crippen molar-refractivity contribution in [3.8, 4) is 11.4 Å². The summed E-state index contributed by atoms with van der Waals surface area (Å²) in [7, 11) is 0. The predicted molar refractivity (Wildman–Crippen MR) is 91.5 cm³/mol. The zero-order valence-corrected chi connectivity index (χ0v) is 13.1. The van der Waals surface area contributed by atoms with Gasteiger partial charge in [-0.3, -0.25) is 4.98 Å². The van der Waals surface area contributed by atoms with E-state index < -0.39 is 0 Å². The summed E-state index contributed by atoms with van der Waals surface area (Å²) in [5.41, 5.74) is 1.82. The number of pyridine rings is 1. The lowest BCUT2D eigenvalue weighted by molar-refractivity contribution is 0.869. The molecule has 2 N–H and O–H groups in total. The molecule has 1 aromatic carbocycles. The number of hydrogen-bond donors (Lipinski definition) is 2. The van der Waals surface area contributed by atoms with Crippen LogP contribution < -0.4 is 10.6 Å². The lowest BCUT2D eigenvalue weighted by Gasteiger charge is -2.12. The van der Waals surface area contributed by atoms with Crippen LogP contribution in [-0.4, -0.2) is 26.0 Å². The number of nitrogens with one attached hydrogen (secondary N) is 2. The molecule has 0 aliphatic rings. The van der Waals surface area contributed by atoms with Crippen molar-refractivity contribution in [1.82, 2.24) is 19.9 Å². The van der Waals surface area contributed by atoms with Crippen molar-refractivity contribution in [2.75, 3.05) is 10.6 Å². The third-order valence-electron chi connectivity index (χ3n) is 3.02. The topological polar surface area (TPSA) is 75.6 Å². The Hall–Kier alpha value is -3.02. The van der Waals surface area contributed by atoms with E-state index in [4.69, 9.17) is 0 Å². The van der Waals surface area contributed by atoms with Gasteiger partial charge in [0, 0.05) is 29.7 Å². The molecule has 3 aromatic rings. The molecule has 0 fully saturated rings. The van der Waals surface area contributed by atoms with Gasteiger partial charge in [-0.25, -0.2) is 0 Å². The van der Waals surface area contributed by atoms with E-state index in [1.54, 1.807) is 12.4 Å². The summed E-state index contributed by atoms with van der Waals surface area (Å²) in [4.78, 5) is 17.5. The Balaban J connectivity index is 1.98. The van der Waals surface area contributed by atoms with Crippen molar-refractivity contribution >= 4 is 17.6 Å². The van der Waals surface area contributed by atoms with Gasteiger partial charge >= 0.3 is 0 Å². The molecule has 6 heteroatoms. The number of nitrogens with zero attached hydrogens (tertiary/aromatic N) is 4. The molecule has 0 unspecified atom stereocenters. The lowest BCUT2D eigenvalue weighted by atomic mass is 10.2. The van der Waals surface area contributed by atoms with Crippen LogP contribution in [0.15, 0.2) is 54.9 Å². The highest BCUT2D eigenvalue weighted by Crippen LogP contribution is 2.19. The molecule has 0 saturated carbocycles. The fraction of sp³-hybridized carbons (Fsp3) is 0.176. The fourth-order valence-electron chi connectivity index (χ4n) is 2.04. The molecule has 2 heterocycles. The Morgan fingerprint density at radius 3 is 2.22 bits per heavy atom. The third-order valence-corrected chi connectivity index (χ3v) is 3.02. The first-order chi connectivity index (χ1) is 11.2. The zero-order chi connectivity index (χ0) is 16.1. The maximum absolute atomic E-state index is 4.51. The molecule has 0 saturated heterocycles. The molecule has 3 rings (SSSR count). The van der Waals surface area contributed by atoms with Gasteiger partial charge in [-0.2, -0.15) is 15.0 Å². The normalized spacial score (nSPS) is 10.6. The molecule has 0 atom stereocenters. The Morgan fingerprint density at radius 1 is 0.826 bits per heavy atom. The number of aromatic nitrogens is 4. The highest BCUT2D eigenvalue weighted by Gasteiger charge is 2.09. The van der Waals surface area contributed by atoms with Crippen LogP contribution in [0.5, 0.6) is 0 Å². The summed E-state index contributed by atoms with van der Waals surface area (Å²) in [5.74, 6) is 1.64. The molecule has 0 bridgehead atoms. The minimum absolute atomic E-state index is 0.229. The van der Waals surface area contributed by atoms with E-state index in [0.29, 0.717) is 17.7 Å². The second-order valence-corrected chi connectivity index (χ2v) is 5.33.